The van der Waals surface area contributed by atoms with Gasteiger partial charge >= 0.3 is 6.03 Å². The molecular formula is C31H33ClF2N4O5. The van der Waals surface area contributed by atoms with E-state index in [1.54, 1.807) is 25.3 Å². The maximum Gasteiger partial charge on any atom is 0.315 e. The molecule has 2 heterocycles. The van der Waals surface area contributed by atoms with E-state index in [0.717, 1.165) is 23.3 Å². The highest BCUT2D eigenvalue weighted by atomic mass is 35.5. The number of urea groups is 1. The lowest BCUT2D eigenvalue weighted by molar-refractivity contribution is -0.118. The van der Waals surface area contributed by atoms with Crippen LogP contribution in [-0.2, 0) is 28.9 Å². The number of amides is 3. The summed E-state index contributed by atoms with van der Waals surface area (Å²) in [6, 6.07) is 7.16. The van der Waals surface area contributed by atoms with Crippen LogP contribution in [0.25, 0.3) is 0 Å². The van der Waals surface area contributed by atoms with Crippen molar-refractivity contribution in [2.45, 2.75) is 50.7 Å². The molecular weight excluding hydrogens is 582 g/mol. The van der Waals surface area contributed by atoms with Crippen molar-refractivity contribution in [2.75, 3.05) is 32.3 Å². The minimum Gasteiger partial charge on any atom is -0.497 e. The van der Waals surface area contributed by atoms with Crippen LogP contribution < -0.4 is 25.8 Å². The van der Waals surface area contributed by atoms with Crippen LogP contribution in [0.3, 0.4) is 0 Å². The van der Waals surface area contributed by atoms with Crippen LogP contribution in [-0.4, -0.2) is 56.0 Å². The van der Waals surface area contributed by atoms with Gasteiger partial charge in [-0.15, -0.1) is 0 Å². The number of benzene rings is 2. The van der Waals surface area contributed by atoms with Gasteiger partial charge in [0.05, 0.1) is 13.7 Å². The Balaban J connectivity index is 1.45. The SMILES string of the molecule is COCCn1ccc(C)c(N2C[C@@H](c3c(F)cc(OC)cc3F)[C@H](NC(=O)NC3CCc4cc(Cl)ccc4C3)C2=O)c1=O. The van der Waals surface area contributed by atoms with Crippen LogP contribution in [0.4, 0.5) is 19.3 Å². The Bertz CT molecular complexity index is 1590. The highest BCUT2D eigenvalue weighted by Crippen LogP contribution is 2.36. The highest BCUT2D eigenvalue weighted by molar-refractivity contribution is 6.30. The molecule has 1 unspecified atom stereocenters. The van der Waals surface area contributed by atoms with Crippen LogP contribution in [0.1, 0.15) is 34.6 Å². The third-order valence-electron chi connectivity index (χ3n) is 8.14. The van der Waals surface area contributed by atoms with Gasteiger partial charge in [-0.25, -0.2) is 13.6 Å². The molecule has 1 aliphatic heterocycles. The Morgan fingerprint density at radius 1 is 1.07 bits per heavy atom. The number of aryl methyl sites for hydroxylation is 2. The fraction of sp³-hybridized carbons (Fsp3) is 0.387. The average molecular weight is 615 g/mol. The molecule has 43 heavy (non-hydrogen) atoms. The molecule has 0 radical (unpaired) electrons. The fourth-order valence-corrected chi connectivity index (χ4v) is 6.14. The molecule has 1 fully saturated rings. The molecule has 0 saturated carbocycles. The van der Waals surface area contributed by atoms with Gasteiger partial charge in [0.2, 0.25) is 0 Å². The number of aromatic nitrogens is 1. The van der Waals surface area contributed by atoms with Crippen LogP contribution >= 0.6 is 11.6 Å². The lowest BCUT2D eigenvalue weighted by atomic mass is 9.88. The van der Waals surface area contributed by atoms with Crippen molar-refractivity contribution >= 4 is 29.2 Å². The van der Waals surface area contributed by atoms with E-state index in [4.69, 9.17) is 21.1 Å². The van der Waals surface area contributed by atoms with Gasteiger partial charge in [0.25, 0.3) is 11.5 Å². The fourth-order valence-electron chi connectivity index (χ4n) is 5.95. The zero-order chi connectivity index (χ0) is 30.8. The number of hydrogen-bond donors (Lipinski definition) is 2. The van der Waals surface area contributed by atoms with Gasteiger partial charge in [0.1, 0.15) is 29.1 Å². The Hall–Kier alpha value is -3.96. The number of carbonyl (C=O) groups is 2. The van der Waals surface area contributed by atoms with E-state index in [2.05, 4.69) is 10.6 Å². The maximum atomic E-state index is 15.4. The largest absolute Gasteiger partial charge is 0.497 e. The summed E-state index contributed by atoms with van der Waals surface area (Å²) in [5.41, 5.74) is 1.94. The van der Waals surface area contributed by atoms with E-state index in [1.807, 2.05) is 12.1 Å². The van der Waals surface area contributed by atoms with Gasteiger partial charge in [-0.2, -0.15) is 0 Å². The second-order valence-electron chi connectivity index (χ2n) is 10.8. The van der Waals surface area contributed by atoms with Crippen LogP contribution in [0.2, 0.25) is 5.02 Å². The molecule has 3 amide bonds. The summed E-state index contributed by atoms with van der Waals surface area (Å²) in [5.74, 6) is -3.66. The maximum absolute atomic E-state index is 15.4. The lowest BCUT2D eigenvalue weighted by Gasteiger charge is -2.27. The number of halogens is 3. The minimum absolute atomic E-state index is 0.0269. The molecule has 2 aliphatic rings. The lowest BCUT2D eigenvalue weighted by Crippen LogP contribution is -2.51. The second-order valence-corrected chi connectivity index (χ2v) is 11.3. The van der Waals surface area contributed by atoms with Crippen molar-refractivity contribution in [2.24, 2.45) is 0 Å². The van der Waals surface area contributed by atoms with Crippen molar-refractivity contribution in [1.29, 1.82) is 0 Å². The Morgan fingerprint density at radius 2 is 1.81 bits per heavy atom. The summed E-state index contributed by atoms with van der Waals surface area (Å²) >= 11 is 6.11. The average Bonchev–Trinajstić information content (AvgIpc) is 3.26. The zero-order valence-corrected chi connectivity index (χ0v) is 24.8. The molecule has 3 aromatic rings. The molecule has 1 aliphatic carbocycles. The number of carbonyl (C=O) groups excluding carboxylic acids is 2. The Kier molecular flexibility index (Phi) is 9.03. The summed E-state index contributed by atoms with van der Waals surface area (Å²) in [4.78, 5) is 41.8. The van der Waals surface area contributed by atoms with Crippen molar-refractivity contribution in [3.05, 3.63) is 91.9 Å². The molecule has 9 nitrogen and oxygen atoms in total. The Labute approximate surface area is 252 Å². The third kappa shape index (κ3) is 6.23. The van der Waals surface area contributed by atoms with Gasteiger partial charge < -0.3 is 29.6 Å². The van der Waals surface area contributed by atoms with E-state index in [9.17, 15) is 14.4 Å². The first-order chi connectivity index (χ1) is 20.6. The number of fused-ring (bicyclic) bond motifs is 1. The second kappa shape index (κ2) is 12.7. The monoisotopic (exact) mass is 614 g/mol. The normalized spacial score (nSPS) is 19.7. The molecule has 12 heteroatoms. The smallest absolute Gasteiger partial charge is 0.315 e. The predicted octanol–water partition coefficient (Wildman–Crippen LogP) is 4.10. The molecule has 1 aromatic heterocycles. The minimum atomic E-state index is -1.35. The number of ether oxygens (including phenoxy) is 2. The standard InChI is InChI=1S/C31H33ClF2N4O5/c1-17-8-9-37(10-11-42-2)30(40)28(17)38-16-23(26-24(33)14-22(43-3)15-25(26)34)27(29(38)39)36-31(41)35-21-7-5-18-12-20(32)6-4-19(18)13-21/h4,6,8-9,12,14-15,21,23,27H,5,7,10-11,13,16H2,1-3H3,(H2,35,36,41)/t21?,23-,27-/m0/s1. The summed E-state index contributed by atoms with van der Waals surface area (Å²) in [5, 5.41) is 6.23. The molecule has 5 rings (SSSR count). The number of rotatable bonds is 8. The molecule has 0 spiro atoms. The van der Waals surface area contributed by atoms with Crippen LogP contribution in [0, 0.1) is 18.6 Å². The molecule has 0 bridgehead atoms. The van der Waals surface area contributed by atoms with Crippen LogP contribution in [0.5, 0.6) is 5.75 Å². The van der Waals surface area contributed by atoms with Gasteiger partial charge in [0.15, 0.2) is 0 Å². The van der Waals surface area contributed by atoms with Crippen molar-refractivity contribution < 1.29 is 27.8 Å². The number of nitrogens with one attached hydrogen (secondary N) is 2. The first kappa shape index (κ1) is 30.5. The zero-order valence-electron chi connectivity index (χ0n) is 24.1. The van der Waals surface area contributed by atoms with Crippen LogP contribution in [0.15, 0.2) is 47.4 Å². The number of methoxy groups -OCH3 is 2. The number of hydrogen-bond acceptors (Lipinski definition) is 5. The van der Waals surface area contributed by atoms with Gasteiger partial charge in [-0.3, -0.25) is 9.59 Å². The number of pyridine rings is 1. The molecule has 2 N–H and O–H groups in total. The predicted molar refractivity (Wildman–Crippen MR) is 158 cm³/mol. The van der Waals surface area contributed by atoms with Crippen molar-refractivity contribution in [1.82, 2.24) is 15.2 Å². The van der Waals surface area contributed by atoms with E-state index in [-0.39, 0.29) is 42.7 Å². The number of nitrogens with zero attached hydrogens (tertiary/aromatic N) is 2. The highest BCUT2D eigenvalue weighted by Gasteiger charge is 2.46. The van der Waals surface area contributed by atoms with E-state index in [0.29, 0.717) is 29.8 Å². The van der Waals surface area contributed by atoms with E-state index in [1.165, 1.54) is 23.7 Å². The summed E-state index contributed by atoms with van der Waals surface area (Å²) < 4.78 is 42.2. The molecule has 3 atom stereocenters. The first-order valence-electron chi connectivity index (χ1n) is 14.0. The quantitative estimate of drug-likeness (QED) is 0.398. The van der Waals surface area contributed by atoms with E-state index < -0.39 is 41.1 Å². The third-order valence-corrected chi connectivity index (χ3v) is 8.37. The summed E-state index contributed by atoms with van der Waals surface area (Å²) in [7, 11) is 2.80. The van der Waals surface area contributed by atoms with Crippen molar-refractivity contribution in [3.63, 3.8) is 0 Å². The van der Waals surface area contributed by atoms with Crippen molar-refractivity contribution in [3.8, 4) is 5.75 Å². The number of anilines is 1. The molecule has 2 aromatic carbocycles. The van der Waals surface area contributed by atoms with Gasteiger partial charge in [-0.05, 0) is 61.1 Å². The molecule has 228 valence electrons. The summed E-state index contributed by atoms with van der Waals surface area (Å²) in [6.45, 7) is 1.96. The van der Waals surface area contributed by atoms with E-state index >= 15 is 8.78 Å². The topological polar surface area (TPSA) is 102 Å². The van der Waals surface area contributed by atoms with Gasteiger partial charge in [0, 0.05) is 61.1 Å². The summed E-state index contributed by atoms with van der Waals surface area (Å²) in [6.07, 6.45) is 3.53. The van der Waals surface area contributed by atoms with Gasteiger partial charge in [-0.1, -0.05) is 17.7 Å². The Morgan fingerprint density at radius 3 is 2.51 bits per heavy atom. The first-order valence-corrected chi connectivity index (χ1v) is 14.4. The molecule has 1 saturated heterocycles.